The summed E-state index contributed by atoms with van der Waals surface area (Å²) >= 11 is 5.03. The van der Waals surface area contributed by atoms with Crippen LogP contribution in [0.25, 0.3) is 0 Å². The van der Waals surface area contributed by atoms with Gasteiger partial charge in [0.25, 0.3) is 0 Å². The summed E-state index contributed by atoms with van der Waals surface area (Å²) in [6.45, 7) is 0.825. The summed E-state index contributed by atoms with van der Waals surface area (Å²) in [6.07, 6.45) is 8.49. The molecule has 4 bridgehead atoms. The van der Waals surface area contributed by atoms with E-state index in [1.54, 1.807) is 0 Å². The molecule has 2 N–H and O–H groups in total. The maximum atomic E-state index is 5.74. The smallest absolute Gasteiger partial charge is 0.0198 e. The van der Waals surface area contributed by atoms with E-state index < -0.39 is 0 Å². The molecule has 4 rings (SSSR count). The highest BCUT2D eigenvalue weighted by molar-refractivity contribution is 7.81. The van der Waals surface area contributed by atoms with Gasteiger partial charge in [-0.15, -0.1) is 0 Å². The topological polar surface area (TPSA) is 26.0 Å². The van der Waals surface area contributed by atoms with Gasteiger partial charge in [0, 0.05) is 4.75 Å². The molecule has 0 aromatic heterocycles. The first kappa shape index (κ1) is 9.53. The predicted octanol–water partition coefficient (Wildman–Crippen LogP) is 2.46. The van der Waals surface area contributed by atoms with Crippen molar-refractivity contribution in [3.05, 3.63) is 0 Å². The molecule has 4 fully saturated rings. The van der Waals surface area contributed by atoms with Crippen LogP contribution in [-0.4, -0.2) is 11.3 Å². The Kier molecular flexibility index (Phi) is 2.14. The van der Waals surface area contributed by atoms with E-state index >= 15 is 0 Å². The summed E-state index contributed by atoms with van der Waals surface area (Å²) in [5.74, 6) is 3.89. The van der Waals surface area contributed by atoms with Crippen LogP contribution in [0.3, 0.4) is 0 Å². The molecule has 0 spiro atoms. The van der Waals surface area contributed by atoms with Crippen molar-refractivity contribution in [2.45, 2.75) is 43.3 Å². The van der Waals surface area contributed by atoms with Gasteiger partial charge in [0.2, 0.25) is 0 Å². The van der Waals surface area contributed by atoms with E-state index in [-0.39, 0.29) is 0 Å². The number of rotatable bonds is 2. The standard InChI is InChI=1S/C12H21NS/c13-2-1-12(14)10-4-8-3-9(6-10)7-11(12)5-8/h8-11,14H,1-7,13H2. The number of hydrogen-bond acceptors (Lipinski definition) is 2. The Bertz CT molecular complexity index is 210. The van der Waals surface area contributed by atoms with E-state index in [2.05, 4.69) is 0 Å². The third-order valence-corrected chi connectivity index (χ3v) is 6.05. The molecule has 0 aliphatic heterocycles. The van der Waals surface area contributed by atoms with E-state index in [4.69, 9.17) is 18.4 Å². The Morgan fingerprint density at radius 1 is 1.00 bits per heavy atom. The monoisotopic (exact) mass is 211 g/mol. The number of thiol groups is 1. The van der Waals surface area contributed by atoms with E-state index in [0.717, 1.165) is 36.6 Å². The lowest BCUT2D eigenvalue weighted by Crippen LogP contribution is -2.55. The summed E-state index contributed by atoms with van der Waals surface area (Å²) < 4.78 is 0.322. The second-order valence-electron chi connectivity index (χ2n) is 5.83. The van der Waals surface area contributed by atoms with Gasteiger partial charge < -0.3 is 5.73 Å². The first-order chi connectivity index (χ1) is 6.72. The Labute approximate surface area is 92.2 Å². The summed E-state index contributed by atoms with van der Waals surface area (Å²) in [5, 5.41) is 0. The van der Waals surface area contributed by atoms with Crippen molar-refractivity contribution in [3.8, 4) is 0 Å². The molecule has 0 saturated heterocycles. The second kappa shape index (κ2) is 3.15. The highest BCUT2D eigenvalue weighted by Gasteiger charge is 2.54. The molecule has 4 aliphatic rings. The quantitative estimate of drug-likeness (QED) is 0.674. The van der Waals surface area contributed by atoms with Gasteiger partial charge in [-0.05, 0) is 68.7 Å². The minimum Gasteiger partial charge on any atom is -0.330 e. The molecule has 0 aromatic carbocycles. The van der Waals surface area contributed by atoms with E-state index in [1.165, 1.54) is 32.1 Å². The normalized spacial score (nSPS) is 55.3. The van der Waals surface area contributed by atoms with Gasteiger partial charge in [-0.1, -0.05) is 0 Å². The second-order valence-corrected chi connectivity index (χ2v) is 6.67. The zero-order valence-electron chi connectivity index (χ0n) is 8.78. The van der Waals surface area contributed by atoms with Crippen LogP contribution in [-0.2, 0) is 0 Å². The molecule has 2 heteroatoms. The molecule has 4 aliphatic carbocycles. The van der Waals surface area contributed by atoms with Gasteiger partial charge in [0.05, 0.1) is 0 Å². The molecule has 0 aromatic rings. The highest BCUT2D eigenvalue weighted by Crippen LogP contribution is 2.61. The number of nitrogens with two attached hydrogens (primary N) is 1. The molecule has 0 unspecified atom stereocenters. The van der Waals surface area contributed by atoms with Crippen molar-refractivity contribution in [3.63, 3.8) is 0 Å². The first-order valence-corrected chi connectivity index (χ1v) is 6.59. The summed E-state index contributed by atoms with van der Waals surface area (Å²) in [7, 11) is 0. The van der Waals surface area contributed by atoms with Crippen LogP contribution in [0.4, 0.5) is 0 Å². The van der Waals surface area contributed by atoms with Crippen LogP contribution < -0.4 is 5.73 Å². The van der Waals surface area contributed by atoms with Gasteiger partial charge in [-0.25, -0.2) is 0 Å². The minimum atomic E-state index is 0.322. The van der Waals surface area contributed by atoms with Gasteiger partial charge in [-0.3, -0.25) is 0 Å². The number of hydrogen-bond donors (Lipinski definition) is 2. The molecule has 4 saturated carbocycles. The SMILES string of the molecule is NCCC1(S)C2CC3CC(C2)CC1C3. The average molecular weight is 211 g/mol. The van der Waals surface area contributed by atoms with Crippen LogP contribution in [0.15, 0.2) is 0 Å². The lowest BCUT2D eigenvalue weighted by molar-refractivity contribution is -0.0178. The Morgan fingerprint density at radius 3 is 1.93 bits per heavy atom. The molecule has 1 nitrogen and oxygen atoms in total. The highest BCUT2D eigenvalue weighted by atomic mass is 32.1. The van der Waals surface area contributed by atoms with Gasteiger partial charge in [0.15, 0.2) is 0 Å². The Morgan fingerprint density at radius 2 is 1.50 bits per heavy atom. The largest absolute Gasteiger partial charge is 0.330 e. The first-order valence-electron chi connectivity index (χ1n) is 6.15. The maximum Gasteiger partial charge on any atom is 0.0198 e. The third-order valence-electron chi connectivity index (χ3n) is 5.10. The minimum absolute atomic E-state index is 0.322. The fourth-order valence-electron chi connectivity index (χ4n) is 4.64. The van der Waals surface area contributed by atoms with E-state index in [0.29, 0.717) is 4.75 Å². The molecule has 0 amide bonds. The van der Waals surface area contributed by atoms with Crippen molar-refractivity contribution in [1.29, 1.82) is 0 Å². The fraction of sp³-hybridized carbons (Fsp3) is 1.00. The molecular weight excluding hydrogens is 190 g/mol. The zero-order chi connectivity index (χ0) is 9.76. The molecule has 80 valence electrons. The zero-order valence-corrected chi connectivity index (χ0v) is 9.68. The third kappa shape index (κ3) is 1.19. The van der Waals surface area contributed by atoms with Crippen molar-refractivity contribution in [2.24, 2.45) is 29.4 Å². The van der Waals surface area contributed by atoms with Gasteiger partial charge in [0.1, 0.15) is 0 Å². The maximum absolute atomic E-state index is 5.74. The fourth-order valence-corrected chi connectivity index (χ4v) is 5.19. The average Bonchev–Trinajstić information content (AvgIpc) is 2.14. The lowest BCUT2D eigenvalue weighted by Gasteiger charge is -2.59. The van der Waals surface area contributed by atoms with Crippen LogP contribution in [0.5, 0.6) is 0 Å². The van der Waals surface area contributed by atoms with Crippen LogP contribution in [0.1, 0.15) is 38.5 Å². The molecule has 0 radical (unpaired) electrons. The van der Waals surface area contributed by atoms with Crippen LogP contribution >= 0.6 is 12.6 Å². The van der Waals surface area contributed by atoms with Crippen molar-refractivity contribution < 1.29 is 0 Å². The van der Waals surface area contributed by atoms with Gasteiger partial charge >= 0.3 is 0 Å². The van der Waals surface area contributed by atoms with Crippen molar-refractivity contribution in [2.75, 3.05) is 6.54 Å². The van der Waals surface area contributed by atoms with E-state index in [1.807, 2.05) is 0 Å². The predicted molar refractivity (Wildman–Crippen MR) is 62.4 cm³/mol. The summed E-state index contributed by atoms with van der Waals surface area (Å²) in [5.41, 5.74) is 5.74. The Hall–Kier alpha value is 0.310. The summed E-state index contributed by atoms with van der Waals surface area (Å²) in [4.78, 5) is 0. The van der Waals surface area contributed by atoms with Crippen molar-refractivity contribution >= 4 is 12.6 Å². The lowest BCUT2D eigenvalue weighted by atomic mass is 9.51. The summed E-state index contributed by atoms with van der Waals surface area (Å²) in [6, 6.07) is 0. The van der Waals surface area contributed by atoms with Crippen LogP contribution in [0, 0.1) is 23.7 Å². The van der Waals surface area contributed by atoms with E-state index in [9.17, 15) is 0 Å². The molecule has 0 heterocycles. The van der Waals surface area contributed by atoms with Crippen molar-refractivity contribution in [1.82, 2.24) is 0 Å². The van der Waals surface area contributed by atoms with Gasteiger partial charge in [-0.2, -0.15) is 12.6 Å². The molecular formula is C12H21NS. The molecule has 14 heavy (non-hydrogen) atoms. The molecule has 0 atom stereocenters. The Balaban J connectivity index is 1.87. The van der Waals surface area contributed by atoms with Crippen LogP contribution in [0.2, 0.25) is 0 Å².